The van der Waals surface area contributed by atoms with E-state index in [2.05, 4.69) is 10.0 Å². The van der Waals surface area contributed by atoms with Crippen molar-refractivity contribution in [3.05, 3.63) is 43.0 Å². The highest BCUT2D eigenvalue weighted by Gasteiger charge is 2.36. The quantitative estimate of drug-likeness (QED) is 0.503. The third-order valence-electron chi connectivity index (χ3n) is 3.73. The summed E-state index contributed by atoms with van der Waals surface area (Å²) in [6.07, 6.45) is 0.378. The number of rotatable bonds is 4. The third-order valence-corrected chi connectivity index (χ3v) is 3.73. The highest BCUT2D eigenvalue weighted by molar-refractivity contribution is 5.05. The molecule has 0 bridgehead atoms. The van der Waals surface area contributed by atoms with Crippen LogP contribution < -0.4 is 11.2 Å². The Kier molecular flexibility index (Phi) is 4.70. The van der Waals surface area contributed by atoms with E-state index in [0.717, 1.165) is 4.57 Å². The fourth-order valence-electron chi connectivity index (χ4n) is 2.62. The number of aliphatic hydroxyl groups excluding tert-OH is 1. The normalized spacial score (nSPS) is 24.5. The van der Waals surface area contributed by atoms with Gasteiger partial charge in [0.1, 0.15) is 6.23 Å². The van der Waals surface area contributed by atoms with Gasteiger partial charge in [-0.1, -0.05) is 5.11 Å². The van der Waals surface area contributed by atoms with Crippen molar-refractivity contribution >= 4 is 0 Å². The molecule has 9 nitrogen and oxygen atoms in total. The molecular formula is C13H19N5O4. The second kappa shape index (κ2) is 6.35. The Bertz CT molecular complexity index is 716. The summed E-state index contributed by atoms with van der Waals surface area (Å²) in [4.78, 5) is 27.3. The highest BCUT2D eigenvalue weighted by Crippen LogP contribution is 2.29. The molecule has 2 rings (SSSR count). The molecule has 1 saturated heterocycles. The molecular weight excluding hydrogens is 290 g/mol. The minimum atomic E-state index is -0.676. The molecule has 22 heavy (non-hydrogen) atoms. The highest BCUT2D eigenvalue weighted by atomic mass is 16.5. The average molecular weight is 309 g/mol. The van der Waals surface area contributed by atoms with Crippen molar-refractivity contribution in [2.75, 3.05) is 6.61 Å². The van der Waals surface area contributed by atoms with Gasteiger partial charge in [0.05, 0.1) is 18.8 Å². The molecule has 1 aliphatic heterocycles. The molecule has 0 saturated carbocycles. The van der Waals surface area contributed by atoms with Gasteiger partial charge in [0, 0.05) is 29.1 Å². The Morgan fingerprint density at radius 1 is 1.55 bits per heavy atom. The number of hydrogen-bond acceptors (Lipinski definition) is 5. The first kappa shape index (κ1) is 16.3. The van der Waals surface area contributed by atoms with Gasteiger partial charge < -0.3 is 9.84 Å². The van der Waals surface area contributed by atoms with Gasteiger partial charge in [-0.25, -0.2) is 4.79 Å². The molecule has 0 radical (unpaired) electrons. The fourth-order valence-corrected chi connectivity index (χ4v) is 2.62. The molecule has 3 atom stereocenters. The zero-order valence-electron chi connectivity index (χ0n) is 12.7. The van der Waals surface area contributed by atoms with Gasteiger partial charge in [-0.15, -0.1) is 0 Å². The Morgan fingerprint density at radius 2 is 2.23 bits per heavy atom. The molecule has 1 aliphatic rings. The lowest BCUT2D eigenvalue weighted by Gasteiger charge is -2.19. The van der Waals surface area contributed by atoms with E-state index in [9.17, 15) is 14.7 Å². The van der Waals surface area contributed by atoms with Crippen LogP contribution >= 0.6 is 0 Å². The van der Waals surface area contributed by atoms with Gasteiger partial charge >= 0.3 is 5.69 Å². The van der Waals surface area contributed by atoms with Gasteiger partial charge in [0.25, 0.3) is 5.56 Å². The average Bonchev–Trinajstić information content (AvgIpc) is 2.86. The zero-order valence-corrected chi connectivity index (χ0v) is 12.7. The number of aryl methyl sites for hydroxylation is 1. The summed E-state index contributed by atoms with van der Waals surface area (Å²) < 4.78 is 8.09. The molecule has 1 N–H and O–H groups in total. The summed E-state index contributed by atoms with van der Waals surface area (Å²) in [6, 6.07) is -0.833. The molecule has 120 valence electrons. The summed E-state index contributed by atoms with van der Waals surface area (Å²) in [5.74, 6) is 0. The van der Waals surface area contributed by atoms with Gasteiger partial charge in [-0.3, -0.25) is 13.9 Å². The van der Waals surface area contributed by atoms with E-state index < -0.39 is 24.1 Å². The molecule has 0 spiro atoms. The van der Waals surface area contributed by atoms with Gasteiger partial charge in [0.2, 0.25) is 0 Å². The predicted octanol–water partition coefficient (Wildman–Crippen LogP) is 0.858. The Hall–Kier alpha value is -2.09. The number of aromatic nitrogens is 2. The number of nitrogens with zero attached hydrogens (tertiary/aromatic N) is 5. The first-order chi connectivity index (χ1) is 10.4. The van der Waals surface area contributed by atoms with Crippen LogP contribution in [-0.2, 0) is 4.74 Å². The van der Waals surface area contributed by atoms with E-state index in [4.69, 9.17) is 10.3 Å². The van der Waals surface area contributed by atoms with Crippen LogP contribution in [0.25, 0.3) is 10.4 Å². The van der Waals surface area contributed by atoms with E-state index in [1.807, 2.05) is 0 Å². The maximum atomic E-state index is 12.5. The number of aliphatic hydroxyl groups is 1. The van der Waals surface area contributed by atoms with Crippen molar-refractivity contribution in [1.82, 2.24) is 9.13 Å². The monoisotopic (exact) mass is 309 g/mol. The largest absolute Gasteiger partial charge is 0.394 e. The minimum absolute atomic E-state index is 0.269. The van der Waals surface area contributed by atoms with Crippen LogP contribution in [0.15, 0.2) is 20.9 Å². The summed E-state index contributed by atoms with van der Waals surface area (Å²) in [5.41, 5.74) is 8.17. The van der Waals surface area contributed by atoms with Crippen LogP contribution in [-0.4, -0.2) is 33.0 Å². The molecule has 2 heterocycles. The maximum Gasteiger partial charge on any atom is 0.333 e. The SMILES string of the molecule is Cc1cn([C@H]2C[C@H](N=[N+]=[N-])[C@@H](CO)O2)c(=O)n(C(C)C)c1=O. The summed E-state index contributed by atoms with van der Waals surface area (Å²) in [7, 11) is 0. The second-order valence-corrected chi connectivity index (χ2v) is 5.59. The van der Waals surface area contributed by atoms with Crippen molar-refractivity contribution < 1.29 is 9.84 Å². The van der Waals surface area contributed by atoms with Crippen LogP contribution in [0.1, 0.15) is 38.1 Å². The van der Waals surface area contributed by atoms with Crippen LogP contribution in [0.5, 0.6) is 0 Å². The second-order valence-electron chi connectivity index (χ2n) is 5.59. The van der Waals surface area contributed by atoms with Crippen LogP contribution in [0.3, 0.4) is 0 Å². The molecule has 1 fully saturated rings. The van der Waals surface area contributed by atoms with Gasteiger partial charge in [-0.05, 0) is 26.3 Å². The molecule has 1 aromatic rings. The number of azide groups is 1. The van der Waals surface area contributed by atoms with Crippen molar-refractivity contribution in [3.8, 4) is 0 Å². The van der Waals surface area contributed by atoms with Crippen LogP contribution in [0, 0.1) is 6.92 Å². The Labute approximate surface area is 126 Å². The molecule has 0 aromatic carbocycles. The number of ether oxygens (including phenoxy) is 1. The van der Waals surface area contributed by atoms with E-state index in [1.54, 1.807) is 20.8 Å². The molecule has 0 amide bonds. The third kappa shape index (κ3) is 2.78. The van der Waals surface area contributed by atoms with Crippen molar-refractivity contribution in [1.29, 1.82) is 0 Å². The predicted molar refractivity (Wildman–Crippen MR) is 78.6 cm³/mol. The molecule has 0 unspecified atom stereocenters. The Balaban J connectivity index is 2.49. The van der Waals surface area contributed by atoms with Crippen molar-refractivity contribution in [2.45, 2.75) is 51.6 Å². The van der Waals surface area contributed by atoms with E-state index in [1.165, 1.54) is 10.8 Å². The Morgan fingerprint density at radius 3 is 2.77 bits per heavy atom. The molecule has 0 aliphatic carbocycles. The molecule has 9 heteroatoms. The topological polar surface area (TPSA) is 122 Å². The zero-order chi connectivity index (χ0) is 16.4. The van der Waals surface area contributed by atoms with Crippen molar-refractivity contribution in [3.63, 3.8) is 0 Å². The van der Waals surface area contributed by atoms with Crippen LogP contribution in [0.4, 0.5) is 0 Å². The number of hydrogen-bond donors (Lipinski definition) is 1. The minimum Gasteiger partial charge on any atom is -0.394 e. The summed E-state index contributed by atoms with van der Waals surface area (Å²) in [6.45, 7) is 4.82. The smallest absolute Gasteiger partial charge is 0.333 e. The standard InChI is InChI=1S/C13H19N5O4/c1-7(2)18-12(20)8(3)5-17(13(18)21)11-4-9(15-16-14)10(6-19)22-11/h5,7,9-11,19H,4,6H2,1-3H3/t9-,10+,11+/m0/s1. The van der Waals surface area contributed by atoms with E-state index in [0.29, 0.717) is 5.56 Å². The summed E-state index contributed by atoms with van der Waals surface area (Å²) in [5, 5.41) is 12.9. The van der Waals surface area contributed by atoms with Gasteiger partial charge in [-0.2, -0.15) is 0 Å². The summed E-state index contributed by atoms with van der Waals surface area (Å²) >= 11 is 0. The maximum absolute atomic E-state index is 12.5. The lowest BCUT2D eigenvalue weighted by atomic mass is 10.1. The molecule has 1 aromatic heterocycles. The lowest BCUT2D eigenvalue weighted by Crippen LogP contribution is -2.43. The van der Waals surface area contributed by atoms with E-state index >= 15 is 0 Å². The van der Waals surface area contributed by atoms with Gasteiger partial charge in [0.15, 0.2) is 0 Å². The van der Waals surface area contributed by atoms with Crippen LogP contribution in [0.2, 0.25) is 0 Å². The lowest BCUT2D eigenvalue weighted by molar-refractivity contribution is -0.0278. The van der Waals surface area contributed by atoms with Crippen molar-refractivity contribution in [2.24, 2.45) is 5.11 Å². The fraction of sp³-hybridized carbons (Fsp3) is 0.692. The first-order valence-electron chi connectivity index (χ1n) is 7.05. The van der Waals surface area contributed by atoms with E-state index in [-0.39, 0.29) is 24.6 Å². The first-order valence-corrected chi connectivity index (χ1v) is 7.05.